The average molecular weight is 857 g/mol. The van der Waals surface area contributed by atoms with Crippen molar-refractivity contribution in [2.45, 2.75) is 75.8 Å². The molecular formula is C41H45ClF4N8O6. The molecule has 14 nitrogen and oxygen atoms in total. The van der Waals surface area contributed by atoms with Gasteiger partial charge in [-0.1, -0.05) is 30.3 Å². The largest absolute Gasteiger partial charge is 0.477 e. The zero-order valence-corrected chi connectivity index (χ0v) is 33.2. The van der Waals surface area contributed by atoms with Gasteiger partial charge in [0.25, 0.3) is 5.91 Å². The number of rotatable bonds is 14. The molecule has 2 fully saturated rings. The zero-order valence-electron chi connectivity index (χ0n) is 32.4. The molecule has 8 N–H and O–H groups in total. The molecule has 6 rings (SSSR count). The number of carbonyl (C=O) groups excluding carboxylic acids is 4. The van der Waals surface area contributed by atoms with Crippen LogP contribution >= 0.6 is 12.4 Å². The first kappa shape index (κ1) is 45.2. The van der Waals surface area contributed by atoms with Gasteiger partial charge in [0, 0.05) is 35.7 Å². The number of hydrogen-bond donors (Lipinski definition) is 7. The van der Waals surface area contributed by atoms with E-state index < -0.39 is 47.5 Å². The molecule has 0 radical (unpaired) electrons. The summed E-state index contributed by atoms with van der Waals surface area (Å²) in [5.74, 6) is -17.0. The molecule has 2 heterocycles. The summed E-state index contributed by atoms with van der Waals surface area (Å²) in [6.45, 7) is 3.01. The lowest BCUT2D eigenvalue weighted by Gasteiger charge is -2.28. The molecule has 0 spiro atoms. The number of piperidine rings is 1. The maximum atomic E-state index is 14.2. The predicted molar refractivity (Wildman–Crippen MR) is 214 cm³/mol. The van der Waals surface area contributed by atoms with Gasteiger partial charge in [-0.15, -0.1) is 12.4 Å². The number of H-pyrrole nitrogens is 1. The molecule has 1 aliphatic carbocycles. The third-order valence-electron chi connectivity index (χ3n) is 10.8. The van der Waals surface area contributed by atoms with Crippen molar-refractivity contribution in [1.29, 1.82) is 0 Å². The van der Waals surface area contributed by atoms with Crippen LogP contribution in [0.1, 0.15) is 65.8 Å². The Morgan fingerprint density at radius 3 is 2.22 bits per heavy atom. The fraction of sp³-hybridized carbons (Fsp3) is 0.390. The number of carbonyl (C=O) groups is 5. The Labute approximate surface area is 348 Å². The topological polar surface area (TPSA) is 221 Å². The van der Waals surface area contributed by atoms with Gasteiger partial charge in [-0.05, 0) is 117 Å². The standard InChI is InChI=1S/C41H44F4N8O6.ClH/c1-22-19-28(35(55)49-31-3-2-18-47-36(31)56)14-17-30(22)25-8-4-23(5-9-25)20-32(50-34(54)27-10-6-24(21-46)7-11-27)37(57)48-29-15-12-26(13-16-29)33-51-38(53-52-33)40(42,43)41(44,45)39(58)59;/h4-5,8-9,12-17,19,24,27,31-32H,2-3,6-7,10-11,18,20-21,46H2,1H3,(H,47,56)(H,48,57)(H,49,55)(H,50,54)(H,58,59)(H,51,52,53);1H/t24?,27?,31-,32+;/m1./s1. The number of alkyl halides is 4. The Bertz CT molecular complexity index is 2200. The number of aromatic amines is 1. The van der Waals surface area contributed by atoms with Crippen LogP contribution in [0.4, 0.5) is 23.2 Å². The number of nitrogens with two attached hydrogens (primary N) is 1. The summed E-state index contributed by atoms with van der Waals surface area (Å²) in [6, 6.07) is 16.6. The van der Waals surface area contributed by atoms with Crippen LogP contribution < -0.4 is 27.0 Å². The number of aryl methyl sites for hydroxylation is 1. The molecule has 60 heavy (non-hydrogen) atoms. The van der Waals surface area contributed by atoms with E-state index in [1.807, 2.05) is 37.3 Å². The number of hydrogen-bond acceptors (Lipinski definition) is 8. The molecule has 1 saturated heterocycles. The predicted octanol–water partition coefficient (Wildman–Crippen LogP) is 5.12. The molecular weight excluding hydrogens is 812 g/mol. The van der Waals surface area contributed by atoms with E-state index in [-0.39, 0.29) is 53.7 Å². The van der Waals surface area contributed by atoms with Crippen molar-refractivity contribution in [1.82, 2.24) is 31.1 Å². The van der Waals surface area contributed by atoms with E-state index >= 15 is 0 Å². The molecule has 2 atom stereocenters. The minimum atomic E-state index is -5.45. The summed E-state index contributed by atoms with van der Waals surface area (Å²) < 4.78 is 55.9. The summed E-state index contributed by atoms with van der Waals surface area (Å²) >= 11 is 0. The molecule has 19 heteroatoms. The van der Waals surface area contributed by atoms with Gasteiger partial charge in [0.05, 0.1) is 0 Å². The lowest BCUT2D eigenvalue weighted by molar-refractivity contribution is -0.231. The first-order valence-electron chi connectivity index (χ1n) is 19.2. The number of nitrogens with one attached hydrogen (secondary N) is 5. The Hall–Kier alpha value is -5.88. The molecule has 0 bridgehead atoms. The van der Waals surface area contributed by atoms with Gasteiger partial charge in [0.2, 0.25) is 23.5 Å². The van der Waals surface area contributed by atoms with Gasteiger partial charge < -0.3 is 32.1 Å². The number of amides is 4. The second-order valence-electron chi connectivity index (χ2n) is 14.9. The van der Waals surface area contributed by atoms with Crippen molar-refractivity contribution in [3.63, 3.8) is 0 Å². The number of halogens is 5. The first-order valence-corrected chi connectivity index (χ1v) is 19.2. The first-order chi connectivity index (χ1) is 28.1. The van der Waals surface area contributed by atoms with Crippen LogP contribution in [0.3, 0.4) is 0 Å². The highest BCUT2D eigenvalue weighted by atomic mass is 35.5. The van der Waals surface area contributed by atoms with E-state index in [1.54, 1.807) is 17.2 Å². The van der Waals surface area contributed by atoms with Crippen molar-refractivity contribution in [2.24, 2.45) is 17.6 Å². The average Bonchev–Trinajstić information content (AvgIpc) is 3.73. The van der Waals surface area contributed by atoms with Crippen molar-refractivity contribution in [3.05, 3.63) is 89.2 Å². The van der Waals surface area contributed by atoms with Crippen LogP contribution in [0.5, 0.6) is 0 Å². The van der Waals surface area contributed by atoms with Crippen LogP contribution in [0.15, 0.2) is 66.7 Å². The lowest BCUT2D eigenvalue weighted by Crippen LogP contribution is -2.50. The molecule has 4 amide bonds. The summed E-state index contributed by atoms with van der Waals surface area (Å²) in [4.78, 5) is 66.4. The second-order valence-corrected chi connectivity index (χ2v) is 14.9. The molecule has 0 unspecified atom stereocenters. The van der Waals surface area contributed by atoms with Crippen LogP contribution in [0.25, 0.3) is 22.5 Å². The highest BCUT2D eigenvalue weighted by Gasteiger charge is 2.65. The Morgan fingerprint density at radius 2 is 1.60 bits per heavy atom. The van der Waals surface area contributed by atoms with Gasteiger partial charge in [-0.25, -0.2) is 9.78 Å². The molecule has 1 aliphatic heterocycles. The van der Waals surface area contributed by atoms with E-state index in [0.29, 0.717) is 43.8 Å². The van der Waals surface area contributed by atoms with Gasteiger partial charge >= 0.3 is 17.8 Å². The van der Waals surface area contributed by atoms with Crippen LogP contribution in [-0.4, -0.2) is 81.0 Å². The van der Waals surface area contributed by atoms with Crippen molar-refractivity contribution >= 4 is 47.7 Å². The van der Waals surface area contributed by atoms with Gasteiger partial charge in [-0.2, -0.15) is 22.7 Å². The lowest BCUT2D eigenvalue weighted by atomic mass is 9.81. The summed E-state index contributed by atoms with van der Waals surface area (Å²) in [5, 5.41) is 25.0. The Kier molecular flexibility index (Phi) is 14.3. The van der Waals surface area contributed by atoms with Gasteiger partial charge in [0.1, 0.15) is 12.1 Å². The molecule has 320 valence electrons. The third kappa shape index (κ3) is 10.1. The number of aromatic nitrogens is 3. The Morgan fingerprint density at radius 1 is 0.933 bits per heavy atom. The number of benzene rings is 3. The highest BCUT2D eigenvalue weighted by Crippen LogP contribution is 2.42. The van der Waals surface area contributed by atoms with Gasteiger partial charge in [0.15, 0.2) is 5.82 Å². The smallest absolute Gasteiger partial charge is 0.411 e. The normalized spacial score (nSPS) is 18.6. The fourth-order valence-electron chi connectivity index (χ4n) is 7.24. The van der Waals surface area contributed by atoms with Crippen molar-refractivity contribution in [2.75, 3.05) is 18.4 Å². The maximum absolute atomic E-state index is 14.2. The van der Waals surface area contributed by atoms with Crippen molar-refractivity contribution < 1.29 is 46.6 Å². The molecule has 4 aromatic rings. The number of nitrogens with zero attached hydrogens (tertiary/aromatic N) is 2. The minimum absolute atomic E-state index is 0. The van der Waals surface area contributed by atoms with Crippen LogP contribution in [0, 0.1) is 18.8 Å². The van der Waals surface area contributed by atoms with E-state index in [2.05, 4.69) is 31.3 Å². The second kappa shape index (κ2) is 19.0. The number of anilines is 1. The van der Waals surface area contributed by atoms with Crippen LogP contribution in [-0.2, 0) is 31.5 Å². The molecule has 3 aromatic carbocycles. The van der Waals surface area contributed by atoms with E-state index in [1.165, 1.54) is 24.3 Å². The zero-order chi connectivity index (χ0) is 42.5. The summed E-state index contributed by atoms with van der Waals surface area (Å²) in [7, 11) is 0. The monoisotopic (exact) mass is 856 g/mol. The highest BCUT2D eigenvalue weighted by molar-refractivity contribution is 5.99. The number of carboxylic acid groups (broad SMARTS) is 1. The van der Waals surface area contributed by atoms with Crippen LogP contribution in [0.2, 0.25) is 0 Å². The maximum Gasteiger partial charge on any atom is 0.411 e. The van der Waals surface area contributed by atoms with Gasteiger partial charge in [-0.3, -0.25) is 24.3 Å². The quantitative estimate of drug-likeness (QED) is 0.0836. The molecule has 1 aromatic heterocycles. The summed E-state index contributed by atoms with van der Waals surface area (Å²) in [6.07, 6.45) is 4.35. The van der Waals surface area contributed by atoms with E-state index in [0.717, 1.165) is 41.5 Å². The SMILES string of the molecule is Cc1cc(C(=O)N[C@@H]2CCCNC2=O)ccc1-c1ccc(C[C@H](NC(=O)C2CCC(CN)CC2)C(=O)Nc2ccc(-c3n[nH]c(C(F)(F)C(F)(F)C(=O)O)n3)cc2)cc1.Cl. The van der Waals surface area contributed by atoms with E-state index in [4.69, 9.17) is 10.8 Å². The molecule has 1 saturated carbocycles. The summed E-state index contributed by atoms with van der Waals surface area (Å²) in [5.41, 5.74) is 9.90. The Balaban J connectivity index is 0.00000683. The minimum Gasteiger partial charge on any atom is -0.477 e. The number of aliphatic carboxylic acids is 1. The van der Waals surface area contributed by atoms with Crippen molar-refractivity contribution in [3.8, 4) is 22.5 Å². The fourth-order valence-corrected chi connectivity index (χ4v) is 7.24. The third-order valence-corrected chi connectivity index (χ3v) is 10.8. The number of carboxylic acids is 1. The van der Waals surface area contributed by atoms with E-state index in [9.17, 15) is 41.5 Å². The molecule has 2 aliphatic rings.